The SMILES string of the molecule is c1snc2c1nc1n2CCNC1. The highest BCUT2D eigenvalue weighted by Crippen LogP contribution is 2.17. The minimum absolute atomic E-state index is 0.876. The molecule has 2 aromatic heterocycles. The minimum Gasteiger partial charge on any atom is -0.309 e. The van der Waals surface area contributed by atoms with Gasteiger partial charge in [0.1, 0.15) is 11.3 Å². The third kappa shape index (κ3) is 0.748. The van der Waals surface area contributed by atoms with E-state index in [1.807, 2.05) is 5.38 Å². The highest BCUT2D eigenvalue weighted by atomic mass is 32.1. The molecule has 0 unspecified atom stereocenters. The fourth-order valence-corrected chi connectivity index (χ4v) is 2.17. The molecule has 0 radical (unpaired) electrons. The van der Waals surface area contributed by atoms with Crippen LogP contribution in [0, 0.1) is 0 Å². The average molecular weight is 180 g/mol. The Morgan fingerprint density at radius 3 is 3.58 bits per heavy atom. The van der Waals surface area contributed by atoms with Gasteiger partial charge < -0.3 is 9.88 Å². The lowest BCUT2D eigenvalue weighted by atomic mass is 10.4. The topological polar surface area (TPSA) is 42.7 Å². The van der Waals surface area contributed by atoms with E-state index < -0.39 is 0 Å². The monoisotopic (exact) mass is 180 g/mol. The summed E-state index contributed by atoms with van der Waals surface area (Å²) in [6.45, 7) is 2.90. The van der Waals surface area contributed by atoms with E-state index in [1.165, 1.54) is 11.5 Å². The summed E-state index contributed by atoms with van der Waals surface area (Å²) in [5.41, 5.74) is 2.09. The van der Waals surface area contributed by atoms with Gasteiger partial charge in [-0.25, -0.2) is 4.98 Å². The second kappa shape index (κ2) is 2.27. The van der Waals surface area contributed by atoms with Crippen molar-refractivity contribution in [1.29, 1.82) is 0 Å². The van der Waals surface area contributed by atoms with Gasteiger partial charge >= 0.3 is 0 Å². The van der Waals surface area contributed by atoms with E-state index in [4.69, 9.17) is 0 Å². The summed E-state index contributed by atoms with van der Waals surface area (Å²) in [6, 6.07) is 0. The van der Waals surface area contributed by atoms with Crippen LogP contribution in [0.2, 0.25) is 0 Å². The zero-order valence-corrected chi connectivity index (χ0v) is 7.27. The lowest BCUT2D eigenvalue weighted by molar-refractivity contribution is 0.513. The van der Waals surface area contributed by atoms with E-state index >= 15 is 0 Å². The molecule has 3 rings (SSSR count). The highest BCUT2D eigenvalue weighted by Gasteiger charge is 2.14. The third-order valence-electron chi connectivity index (χ3n) is 2.14. The largest absolute Gasteiger partial charge is 0.309 e. The molecule has 0 saturated heterocycles. The fraction of sp³-hybridized carbons (Fsp3) is 0.429. The second-order valence-electron chi connectivity index (χ2n) is 2.88. The van der Waals surface area contributed by atoms with Gasteiger partial charge in [-0.15, -0.1) is 0 Å². The summed E-state index contributed by atoms with van der Waals surface area (Å²) in [5, 5.41) is 5.28. The lowest BCUT2D eigenvalue weighted by Gasteiger charge is -2.14. The van der Waals surface area contributed by atoms with E-state index in [2.05, 4.69) is 19.2 Å². The number of rotatable bonds is 0. The number of imidazole rings is 1. The van der Waals surface area contributed by atoms with Crippen molar-refractivity contribution in [3.8, 4) is 0 Å². The van der Waals surface area contributed by atoms with Gasteiger partial charge in [-0.1, -0.05) is 0 Å². The molecule has 0 aliphatic carbocycles. The summed E-state index contributed by atoms with van der Waals surface area (Å²) >= 11 is 1.48. The highest BCUT2D eigenvalue weighted by molar-refractivity contribution is 7.04. The number of hydrogen-bond donors (Lipinski definition) is 1. The van der Waals surface area contributed by atoms with Crippen LogP contribution in [0.4, 0.5) is 0 Å². The molecule has 0 saturated carbocycles. The smallest absolute Gasteiger partial charge is 0.173 e. The molecular weight excluding hydrogens is 172 g/mol. The van der Waals surface area contributed by atoms with Crippen molar-refractivity contribution < 1.29 is 0 Å². The first-order valence-electron chi connectivity index (χ1n) is 3.95. The maximum Gasteiger partial charge on any atom is 0.173 e. The van der Waals surface area contributed by atoms with Gasteiger partial charge in [-0.2, -0.15) is 4.37 Å². The van der Waals surface area contributed by atoms with Crippen LogP contribution in [-0.2, 0) is 13.1 Å². The molecule has 1 N–H and O–H groups in total. The van der Waals surface area contributed by atoms with Crippen LogP contribution in [-0.4, -0.2) is 20.5 Å². The van der Waals surface area contributed by atoms with Crippen molar-refractivity contribution in [3.63, 3.8) is 0 Å². The van der Waals surface area contributed by atoms with Crippen LogP contribution in [0.5, 0.6) is 0 Å². The first-order valence-corrected chi connectivity index (χ1v) is 4.79. The fourth-order valence-electron chi connectivity index (χ4n) is 1.57. The Kier molecular flexibility index (Phi) is 1.24. The Morgan fingerprint density at radius 2 is 2.58 bits per heavy atom. The Balaban J connectivity index is 2.34. The summed E-state index contributed by atoms with van der Waals surface area (Å²) in [4.78, 5) is 4.46. The first-order chi connectivity index (χ1) is 5.95. The van der Waals surface area contributed by atoms with Crippen LogP contribution < -0.4 is 5.32 Å². The molecule has 62 valence electrons. The Labute approximate surface area is 73.4 Å². The number of aromatic nitrogens is 3. The maximum atomic E-state index is 4.46. The summed E-state index contributed by atoms with van der Waals surface area (Å²) < 4.78 is 6.50. The van der Waals surface area contributed by atoms with Crippen LogP contribution in [0.25, 0.3) is 11.2 Å². The van der Waals surface area contributed by atoms with Gasteiger partial charge in [-0.3, -0.25) is 0 Å². The van der Waals surface area contributed by atoms with Gasteiger partial charge in [0.15, 0.2) is 5.65 Å². The second-order valence-corrected chi connectivity index (χ2v) is 3.51. The molecule has 0 fully saturated rings. The summed E-state index contributed by atoms with van der Waals surface area (Å²) in [6.07, 6.45) is 0. The molecule has 2 aromatic rings. The molecule has 3 heterocycles. The Morgan fingerprint density at radius 1 is 1.58 bits per heavy atom. The molecule has 0 bridgehead atoms. The van der Waals surface area contributed by atoms with Crippen molar-refractivity contribution in [2.45, 2.75) is 13.1 Å². The zero-order valence-electron chi connectivity index (χ0n) is 6.45. The average Bonchev–Trinajstić information content (AvgIpc) is 2.62. The van der Waals surface area contributed by atoms with Gasteiger partial charge in [0.25, 0.3) is 0 Å². The van der Waals surface area contributed by atoms with E-state index in [9.17, 15) is 0 Å². The van der Waals surface area contributed by atoms with Crippen LogP contribution >= 0.6 is 11.5 Å². The van der Waals surface area contributed by atoms with E-state index in [0.29, 0.717) is 0 Å². The lowest BCUT2D eigenvalue weighted by Crippen LogP contribution is -2.28. The van der Waals surface area contributed by atoms with E-state index in [1.54, 1.807) is 0 Å². The summed E-state index contributed by atoms with van der Waals surface area (Å²) in [5.74, 6) is 1.12. The normalized spacial score (nSPS) is 16.7. The Bertz CT molecular complexity index is 416. The van der Waals surface area contributed by atoms with Gasteiger partial charge in [-0.05, 0) is 11.5 Å². The molecule has 0 amide bonds. The van der Waals surface area contributed by atoms with Crippen LogP contribution in [0.1, 0.15) is 5.82 Å². The molecular formula is C7H8N4S. The van der Waals surface area contributed by atoms with Crippen molar-refractivity contribution in [3.05, 3.63) is 11.2 Å². The van der Waals surface area contributed by atoms with Crippen LogP contribution in [0.15, 0.2) is 5.38 Å². The van der Waals surface area contributed by atoms with Gasteiger partial charge in [0, 0.05) is 18.5 Å². The number of hydrogen-bond acceptors (Lipinski definition) is 4. The van der Waals surface area contributed by atoms with Crippen molar-refractivity contribution in [2.24, 2.45) is 0 Å². The zero-order chi connectivity index (χ0) is 7.97. The first kappa shape index (κ1) is 6.56. The minimum atomic E-state index is 0.876. The standard InChI is InChI=1S/C7H8N4S/c1-2-11-6(3-8-1)9-5-4-12-10-7(5)11/h4,8H,1-3H2. The van der Waals surface area contributed by atoms with Gasteiger partial charge in [0.05, 0.1) is 6.54 Å². The molecule has 0 atom stereocenters. The summed E-state index contributed by atoms with van der Waals surface area (Å²) in [7, 11) is 0. The molecule has 1 aliphatic heterocycles. The molecule has 1 aliphatic rings. The number of fused-ring (bicyclic) bond motifs is 3. The molecule has 0 aromatic carbocycles. The van der Waals surface area contributed by atoms with E-state index in [0.717, 1.165) is 36.6 Å². The number of nitrogens with one attached hydrogen (secondary N) is 1. The van der Waals surface area contributed by atoms with Gasteiger partial charge in [0.2, 0.25) is 0 Å². The Hall–Kier alpha value is -0.940. The predicted molar refractivity (Wildman–Crippen MR) is 47.1 cm³/mol. The predicted octanol–water partition coefficient (Wildman–Crippen LogP) is 0.596. The number of nitrogens with zero attached hydrogens (tertiary/aromatic N) is 3. The van der Waals surface area contributed by atoms with E-state index in [-0.39, 0.29) is 0 Å². The van der Waals surface area contributed by atoms with Crippen molar-refractivity contribution >= 4 is 22.7 Å². The molecule has 5 heteroatoms. The quantitative estimate of drug-likeness (QED) is 0.645. The third-order valence-corrected chi connectivity index (χ3v) is 2.75. The maximum absolute atomic E-state index is 4.46. The van der Waals surface area contributed by atoms with Crippen LogP contribution in [0.3, 0.4) is 0 Å². The van der Waals surface area contributed by atoms with Crippen molar-refractivity contribution in [1.82, 2.24) is 19.2 Å². The van der Waals surface area contributed by atoms with Crippen molar-refractivity contribution in [2.75, 3.05) is 6.54 Å². The molecule has 0 spiro atoms. The molecule has 12 heavy (non-hydrogen) atoms. The molecule has 4 nitrogen and oxygen atoms in total.